The molecule has 4 rings (SSSR count). The van der Waals surface area contributed by atoms with E-state index in [9.17, 15) is 0 Å². The maximum Gasteiger partial charge on any atom is 0.127 e. The lowest BCUT2D eigenvalue weighted by Gasteiger charge is -2.29. The third kappa shape index (κ3) is 6.69. The number of halogens is 1. The van der Waals surface area contributed by atoms with Gasteiger partial charge in [0.2, 0.25) is 0 Å². The maximum absolute atomic E-state index is 15.0. The molecule has 33 heavy (non-hydrogen) atoms. The van der Waals surface area contributed by atoms with Gasteiger partial charge in [0.1, 0.15) is 5.82 Å². The Bertz CT molecular complexity index is 842. The summed E-state index contributed by atoms with van der Waals surface area (Å²) in [6, 6.07) is 14.8. The van der Waals surface area contributed by atoms with Gasteiger partial charge in [-0.25, -0.2) is 4.39 Å². The van der Waals surface area contributed by atoms with Crippen molar-refractivity contribution in [1.82, 2.24) is 0 Å². The molecule has 0 atom stereocenters. The summed E-state index contributed by atoms with van der Waals surface area (Å²) >= 11 is 0. The number of benzene rings is 2. The molecule has 2 aliphatic carbocycles. The second-order valence-corrected chi connectivity index (χ2v) is 10.8. The highest BCUT2D eigenvalue weighted by Gasteiger charge is 2.24. The van der Waals surface area contributed by atoms with Crippen LogP contribution in [0, 0.1) is 23.6 Å². The average Bonchev–Trinajstić information content (AvgIpc) is 2.85. The molecule has 0 radical (unpaired) electrons. The Morgan fingerprint density at radius 1 is 0.758 bits per heavy atom. The average molecular weight is 451 g/mol. The van der Waals surface area contributed by atoms with Gasteiger partial charge in [-0.05, 0) is 103 Å². The molecule has 0 unspecified atom stereocenters. The number of hydrogen-bond acceptors (Lipinski definition) is 1. The van der Waals surface area contributed by atoms with Crippen molar-refractivity contribution in [3.05, 3.63) is 59.4 Å². The van der Waals surface area contributed by atoms with Crippen LogP contribution in [0.1, 0.15) is 94.6 Å². The first-order chi connectivity index (χ1) is 16.2. The minimum atomic E-state index is -0.0143. The van der Waals surface area contributed by atoms with Crippen LogP contribution in [0.25, 0.3) is 11.1 Å². The summed E-state index contributed by atoms with van der Waals surface area (Å²) in [6.45, 7) is 3.20. The Morgan fingerprint density at radius 3 is 2.00 bits per heavy atom. The van der Waals surface area contributed by atoms with E-state index in [0.717, 1.165) is 60.3 Å². The summed E-state index contributed by atoms with van der Waals surface area (Å²) in [5.41, 5.74) is 4.46. The number of aryl methyl sites for hydroxylation is 1. The number of rotatable bonds is 9. The largest absolute Gasteiger partial charge is 0.384 e. The predicted octanol–water partition coefficient (Wildman–Crippen LogP) is 8.95. The van der Waals surface area contributed by atoms with Crippen molar-refractivity contribution in [1.29, 1.82) is 0 Å². The monoisotopic (exact) mass is 450 g/mol. The van der Waals surface area contributed by atoms with Gasteiger partial charge in [-0.15, -0.1) is 0 Å². The van der Waals surface area contributed by atoms with Gasteiger partial charge >= 0.3 is 0 Å². The zero-order chi connectivity index (χ0) is 23.0. The summed E-state index contributed by atoms with van der Waals surface area (Å²) in [5, 5.41) is 0. The minimum absolute atomic E-state index is 0.0143. The smallest absolute Gasteiger partial charge is 0.127 e. The van der Waals surface area contributed by atoms with Crippen molar-refractivity contribution < 1.29 is 9.13 Å². The summed E-state index contributed by atoms with van der Waals surface area (Å²) in [5.74, 6) is 2.88. The number of ether oxygens (including phenoxy) is 1. The zero-order valence-electron chi connectivity index (χ0n) is 20.8. The molecule has 0 saturated heterocycles. The molecule has 0 amide bonds. The Morgan fingerprint density at radius 2 is 1.36 bits per heavy atom. The van der Waals surface area contributed by atoms with Crippen molar-refractivity contribution in [2.24, 2.45) is 17.8 Å². The molecule has 0 bridgehead atoms. The van der Waals surface area contributed by atoms with Crippen molar-refractivity contribution in [2.75, 3.05) is 13.7 Å². The molecular formula is C31H43FO. The number of hydrogen-bond donors (Lipinski definition) is 0. The van der Waals surface area contributed by atoms with Gasteiger partial charge in [-0.3, -0.25) is 0 Å². The lowest BCUT2D eigenvalue weighted by molar-refractivity contribution is 0.117. The van der Waals surface area contributed by atoms with E-state index < -0.39 is 0 Å². The van der Waals surface area contributed by atoms with E-state index >= 15 is 4.39 Å². The normalized spacial score (nSPS) is 25.8. The van der Waals surface area contributed by atoms with Gasteiger partial charge in [-0.2, -0.15) is 0 Å². The standard InChI is InChI=1S/C31H43FO/c1-3-4-23-13-17-28(18-14-23)30-20-19-29(21-31(30)32)27-15-11-25(12-16-27)6-5-24-7-9-26(10-8-24)22-33-2/h11-12,15-16,19-21,23-24,26,28H,3-10,13-14,17-18,22H2,1-2H3. The second kappa shape index (κ2) is 12.2. The molecule has 2 aromatic rings. The molecule has 180 valence electrons. The summed E-state index contributed by atoms with van der Waals surface area (Å²) in [7, 11) is 1.82. The summed E-state index contributed by atoms with van der Waals surface area (Å²) in [6.07, 6.45) is 15.2. The van der Waals surface area contributed by atoms with E-state index in [0.29, 0.717) is 5.92 Å². The van der Waals surface area contributed by atoms with Crippen LogP contribution in [0.3, 0.4) is 0 Å². The van der Waals surface area contributed by atoms with Gasteiger partial charge in [0, 0.05) is 13.7 Å². The number of methoxy groups -OCH3 is 1. The van der Waals surface area contributed by atoms with E-state index in [-0.39, 0.29) is 5.82 Å². The molecule has 0 heterocycles. The molecular weight excluding hydrogens is 407 g/mol. The first kappa shape index (κ1) is 24.5. The van der Waals surface area contributed by atoms with Crippen molar-refractivity contribution >= 4 is 0 Å². The van der Waals surface area contributed by atoms with Crippen LogP contribution in [-0.2, 0) is 11.2 Å². The van der Waals surface area contributed by atoms with Gasteiger partial charge in [-0.1, -0.05) is 69.0 Å². The molecule has 1 nitrogen and oxygen atoms in total. The minimum Gasteiger partial charge on any atom is -0.384 e. The molecule has 2 fully saturated rings. The van der Waals surface area contributed by atoms with Gasteiger partial charge in [0.05, 0.1) is 0 Å². The SMILES string of the molecule is CCCC1CCC(c2ccc(-c3ccc(CCC4CCC(COC)CC4)cc3)cc2F)CC1. The van der Waals surface area contributed by atoms with E-state index in [1.807, 2.05) is 7.11 Å². The fourth-order valence-electron chi connectivity index (χ4n) is 6.37. The Hall–Kier alpha value is -1.67. The molecule has 0 spiro atoms. The third-order valence-electron chi connectivity index (χ3n) is 8.48. The first-order valence-corrected chi connectivity index (χ1v) is 13.5. The van der Waals surface area contributed by atoms with Crippen LogP contribution in [-0.4, -0.2) is 13.7 Å². The Kier molecular flexibility index (Phi) is 9.01. The second-order valence-electron chi connectivity index (χ2n) is 10.8. The quantitative estimate of drug-likeness (QED) is 0.370. The molecule has 0 aliphatic heterocycles. The Balaban J connectivity index is 1.29. The van der Waals surface area contributed by atoms with Crippen molar-refractivity contribution in [3.63, 3.8) is 0 Å². The molecule has 0 aromatic heterocycles. The highest BCUT2D eigenvalue weighted by molar-refractivity contribution is 5.64. The summed E-state index contributed by atoms with van der Waals surface area (Å²) < 4.78 is 20.4. The van der Waals surface area contributed by atoms with Crippen LogP contribution in [0.5, 0.6) is 0 Å². The van der Waals surface area contributed by atoms with E-state index in [1.54, 1.807) is 6.07 Å². The van der Waals surface area contributed by atoms with Crippen LogP contribution in [0.15, 0.2) is 42.5 Å². The molecule has 2 saturated carbocycles. The maximum atomic E-state index is 15.0. The van der Waals surface area contributed by atoms with Crippen molar-refractivity contribution in [2.45, 2.75) is 89.9 Å². The van der Waals surface area contributed by atoms with E-state index in [2.05, 4.69) is 43.3 Å². The summed E-state index contributed by atoms with van der Waals surface area (Å²) in [4.78, 5) is 0. The fourth-order valence-corrected chi connectivity index (χ4v) is 6.37. The van der Waals surface area contributed by atoms with Gasteiger partial charge in [0.15, 0.2) is 0 Å². The molecule has 2 aliphatic rings. The first-order valence-electron chi connectivity index (χ1n) is 13.5. The molecule has 2 aromatic carbocycles. The lowest BCUT2D eigenvalue weighted by atomic mass is 9.77. The van der Waals surface area contributed by atoms with Crippen LogP contribution in [0.4, 0.5) is 4.39 Å². The third-order valence-corrected chi connectivity index (χ3v) is 8.48. The van der Waals surface area contributed by atoms with Crippen molar-refractivity contribution in [3.8, 4) is 11.1 Å². The highest BCUT2D eigenvalue weighted by Crippen LogP contribution is 2.39. The topological polar surface area (TPSA) is 9.23 Å². The molecule has 0 N–H and O–H groups in total. The van der Waals surface area contributed by atoms with Gasteiger partial charge < -0.3 is 4.74 Å². The molecule has 2 heteroatoms. The lowest BCUT2D eigenvalue weighted by Crippen LogP contribution is -2.18. The predicted molar refractivity (Wildman–Crippen MR) is 137 cm³/mol. The van der Waals surface area contributed by atoms with Crippen LogP contribution < -0.4 is 0 Å². The van der Waals surface area contributed by atoms with Gasteiger partial charge in [0.25, 0.3) is 0 Å². The zero-order valence-corrected chi connectivity index (χ0v) is 20.8. The van der Waals surface area contributed by atoms with E-state index in [1.165, 1.54) is 63.4 Å². The van der Waals surface area contributed by atoms with Crippen LogP contribution >= 0.6 is 0 Å². The van der Waals surface area contributed by atoms with E-state index in [4.69, 9.17) is 4.74 Å². The Labute approximate surface area is 201 Å². The highest BCUT2D eigenvalue weighted by atomic mass is 19.1. The van der Waals surface area contributed by atoms with Crippen LogP contribution in [0.2, 0.25) is 0 Å². The fraction of sp³-hybridized carbons (Fsp3) is 0.613.